The molecule has 1 saturated heterocycles. The van der Waals surface area contributed by atoms with E-state index in [1.807, 2.05) is 24.2 Å². The van der Waals surface area contributed by atoms with Gasteiger partial charge in [-0.3, -0.25) is 0 Å². The van der Waals surface area contributed by atoms with Crippen molar-refractivity contribution in [1.82, 2.24) is 9.55 Å². The molecule has 2 unspecified atom stereocenters. The van der Waals surface area contributed by atoms with Gasteiger partial charge in [0.15, 0.2) is 0 Å². The Kier molecular flexibility index (Phi) is 4.29. The van der Waals surface area contributed by atoms with Crippen LogP contribution in [0.2, 0.25) is 0 Å². The molecule has 0 amide bonds. The maximum atomic E-state index is 6.34. The fourth-order valence-electron chi connectivity index (χ4n) is 2.26. The summed E-state index contributed by atoms with van der Waals surface area (Å²) in [5.41, 5.74) is 6.34. The van der Waals surface area contributed by atoms with Gasteiger partial charge in [0.05, 0.1) is 6.04 Å². The first-order chi connectivity index (χ1) is 7.83. The SMILES string of the molecule is CCCn1ccnc1C(N)C1CCCCS1. The summed E-state index contributed by atoms with van der Waals surface area (Å²) < 4.78 is 2.21. The number of aromatic nitrogens is 2. The topological polar surface area (TPSA) is 43.8 Å². The highest BCUT2D eigenvalue weighted by Crippen LogP contribution is 2.32. The molecule has 2 rings (SSSR count). The average molecular weight is 239 g/mol. The van der Waals surface area contributed by atoms with Crippen LogP contribution >= 0.6 is 11.8 Å². The third-order valence-electron chi connectivity index (χ3n) is 3.13. The second-order valence-electron chi connectivity index (χ2n) is 4.41. The lowest BCUT2D eigenvalue weighted by atomic mass is 10.1. The summed E-state index contributed by atoms with van der Waals surface area (Å²) in [4.78, 5) is 4.43. The molecule has 3 nitrogen and oxygen atoms in total. The highest BCUT2D eigenvalue weighted by Gasteiger charge is 2.25. The molecule has 0 radical (unpaired) electrons. The van der Waals surface area contributed by atoms with Crippen LogP contribution in [0.5, 0.6) is 0 Å². The van der Waals surface area contributed by atoms with Crippen molar-refractivity contribution in [3.8, 4) is 0 Å². The quantitative estimate of drug-likeness (QED) is 0.878. The second-order valence-corrected chi connectivity index (χ2v) is 5.76. The van der Waals surface area contributed by atoms with Crippen LogP contribution in [0.4, 0.5) is 0 Å². The van der Waals surface area contributed by atoms with Crippen LogP contribution in [0.3, 0.4) is 0 Å². The first-order valence-corrected chi connectivity index (χ1v) is 7.26. The predicted octanol–water partition coefficient (Wildman–Crippen LogP) is 2.58. The van der Waals surface area contributed by atoms with Crippen molar-refractivity contribution in [2.75, 3.05) is 5.75 Å². The molecule has 4 heteroatoms. The number of imidazole rings is 1. The monoisotopic (exact) mass is 239 g/mol. The van der Waals surface area contributed by atoms with E-state index in [0.29, 0.717) is 5.25 Å². The number of hydrogen-bond acceptors (Lipinski definition) is 3. The zero-order chi connectivity index (χ0) is 11.4. The first kappa shape index (κ1) is 12.0. The molecule has 1 aromatic heterocycles. The highest BCUT2D eigenvalue weighted by molar-refractivity contribution is 8.00. The van der Waals surface area contributed by atoms with Gasteiger partial charge in [0.1, 0.15) is 5.82 Å². The van der Waals surface area contributed by atoms with E-state index >= 15 is 0 Å². The van der Waals surface area contributed by atoms with E-state index in [1.165, 1.54) is 25.0 Å². The Bertz CT molecular complexity index is 318. The van der Waals surface area contributed by atoms with Crippen LogP contribution in [-0.4, -0.2) is 20.6 Å². The Labute approximate surface area is 102 Å². The van der Waals surface area contributed by atoms with E-state index in [1.54, 1.807) is 0 Å². The van der Waals surface area contributed by atoms with Crippen molar-refractivity contribution in [3.63, 3.8) is 0 Å². The molecule has 90 valence electrons. The standard InChI is InChI=1S/C12H21N3S/c1-2-7-15-8-6-14-12(15)11(13)10-5-3-4-9-16-10/h6,8,10-11H,2-5,7,9,13H2,1H3. The van der Waals surface area contributed by atoms with Crippen LogP contribution in [0.15, 0.2) is 12.4 Å². The summed E-state index contributed by atoms with van der Waals surface area (Å²) >= 11 is 2.02. The Balaban J connectivity index is 2.06. The third-order valence-corrected chi connectivity index (χ3v) is 4.61. The number of thioether (sulfide) groups is 1. The Morgan fingerprint density at radius 2 is 2.50 bits per heavy atom. The molecule has 0 aromatic carbocycles. The molecule has 0 aliphatic carbocycles. The van der Waals surface area contributed by atoms with Crippen LogP contribution in [0, 0.1) is 0 Å². The van der Waals surface area contributed by atoms with Crippen LogP contribution in [0.25, 0.3) is 0 Å². The van der Waals surface area contributed by atoms with Gasteiger partial charge in [0, 0.05) is 24.2 Å². The third kappa shape index (κ3) is 2.61. The Hall–Kier alpha value is -0.480. The molecule has 1 fully saturated rings. The smallest absolute Gasteiger partial charge is 0.126 e. The largest absolute Gasteiger partial charge is 0.334 e. The van der Waals surface area contributed by atoms with Gasteiger partial charge < -0.3 is 10.3 Å². The number of rotatable bonds is 4. The molecule has 0 bridgehead atoms. The molecule has 1 aromatic rings. The van der Waals surface area contributed by atoms with E-state index in [2.05, 4.69) is 16.5 Å². The minimum absolute atomic E-state index is 0.104. The fourth-order valence-corrected chi connectivity index (χ4v) is 3.60. The van der Waals surface area contributed by atoms with Gasteiger partial charge >= 0.3 is 0 Å². The van der Waals surface area contributed by atoms with Gasteiger partial charge in [-0.15, -0.1) is 0 Å². The molecule has 0 saturated carbocycles. The molecular weight excluding hydrogens is 218 g/mol. The Morgan fingerprint density at radius 1 is 1.62 bits per heavy atom. The molecule has 2 atom stereocenters. The van der Waals surface area contributed by atoms with Crippen LogP contribution in [-0.2, 0) is 6.54 Å². The Morgan fingerprint density at radius 3 is 3.19 bits per heavy atom. The summed E-state index contributed by atoms with van der Waals surface area (Å²) in [5, 5.41) is 0.562. The number of hydrogen-bond donors (Lipinski definition) is 1. The van der Waals surface area contributed by atoms with Gasteiger partial charge in [-0.25, -0.2) is 4.98 Å². The van der Waals surface area contributed by atoms with Gasteiger partial charge in [-0.1, -0.05) is 13.3 Å². The lowest BCUT2D eigenvalue weighted by molar-refractivity contribution is 0.524. The molecule has 16 heavy (non-hydrogen) atoms. The summed E-state index contributed by atoms with van der Waals surface area (Å²) in [6, 6.07) is 0.104. The molecule has 1 aliphatic rings. The maximum absolute atomic E-state index is 6.34. The highest BCUT2D eigenvalue weighted by atomic mass is 32.2. The van der Waals surface area contributed by atoms with Crippen molar-refractivity contribution in [2.45, 2.75) is 50.4 Å². The normalized spacial score (nSPS) is 23.2. The number of nitrogens with two attached hydrogens (primary N) is 1. The van der Waals surface area contributed by atoms with Crippen molar-refractivity contribution >= 4 is 11.8 Å². The van der Waals surface area contributed by atoms with Gasteiger partial charge in [0.25, 0.3) is 0 Å². The summed E-state index contributed by atoms with van der Waals surface area (Å²) in [7, 11) is 0. The minimum Gasteiger partial charge on any atom is -0.334 e. The predicted molar refractivity (Wildman–Crippen MR) is 69.5 cm³/mol. The second kappa shape index (κ2) is 5.73. The molecule has 0 spiro atoms. The van der Waals surface area contributed by atoms with Crippen molar-refractivity contribution < 1.29 is 0 Å². The van der Waals surface area contributed by atoms with Crippen LogP contribution < -0.4 is 5.73 Å². The van der Waals surface area contributed by atoms with Crippen molar-refractivity contribution in [2.24, 2.45) is 5.73 Å². The zero-order valence-corrected chi connectivity index (χ0v) is 10.7. The minimum atomic E-state index is 0.104. The summed E-state index contributed by atoms with van der Waals surface area (Å²) in [6.45, 7) is 3.21. The number of nitrogens with zero attached hydrogens (tertiary/aromatic N) is 2. The maximum Gasteiger partial charge on any atom is 0.126 e. The first-order valence-electron chi connectivity index (χ1n) is 6.21. The van der Waals surface area contributed by atoms with E-state index in [9.17, 15) is 0 Å². The molecule has 2 N–H and O–H groups in total. The lowest BCUT2D eigenvalue weighted by Gasteiger charge is -2.27. The van der Waals surface area contributed by atoms with Gasteiger partial charge in [-0.2, -0.15) is 11.8 Å². The number of aryl methyl sites for hydroxylation is 1. The van der Waals surface area contributed by atoms with E-state index < -0.39 is 0 Å². The van der Waals surface area contributed by atoms with E-state index in [0.717, 1.165) is 18.8 Å². The van der Waals surface area contributed by atoms with E-state index in [-0.39, 0.29) is 6.04 Å². The zero-order valence-electron chi connectivity index (χ0n) is 9.93. The summed E-state index contributed by atoms with van der Waals surface area (Å²) in [6.07, 6.45) is 8.96. The van der Waals surface area contributed by atoms with Gasteiger partial charge in [-0.05, 0) is 25.0 Å². The van der Waals surface area contributed by atoms with Gasteiger partial charge in [0.2, 0.25) is 0 Å². The summed E-state index contributed by atoms with van der Waals surface area (Å²) in [5.74, 6) is 2.33. The van der Waals surface area contributed by atoms with Crippen molar-refractivity contribution in [3.05, 3.63) is 18.2 Å². The average Bonchev–Trinajstić information content (AvgIpc) is 2.78. The lowest BCUT2D eigenvalue weighted by Crippen LogP contribution is -2.29. The fraction of sp³-hybridized carbons (Fsp3) is 0.750. The molecular formula is C12H21N3S. The van der Waals surface area contributed by atoms with Crippen LogP contribution in [0.1, 0.15) is 44.5 Å². The molecule has 1 aliphatic heterocycles. The van der Waals surface area contributed by atoms with Crippen molar-refractivity contribution in [1.29, 1.82) is 0 Å². The van der Waals surface area contributed by atoms with E-state index in [4.69, 9.17) is 5.73 Å². The molecule has 2 heterocycles.